The average Bonchev–Trinajstić information content (AvgIpc) is 3.05. The molecule has 1 aromatic carbocycles. The lowest BCUT2D eigenvalue weighted by molar-refractivity contribution is -0.123. The van der Waals surface area contributed by atoms with Gasteiger partial charge in [0.15, 0.2) is 0 Å². The van der Waals surface area contributed by atoms with Crippen LogP contribution in [0.25, 0.3) is 10.8 Å². The number of aromatic nitrogens is 2. The van der Waals surface area contributed by atoms with Crippen molar-refractivity contribution in [1.29, 1.82) is 0 Å². The van der Waals surface area contributed by atoms with Gasteiger partial charge >= 0.3 is 0 Å². The number of fused-ring (bicyclic) bond motifs is 1. The fraction of sp³-hybridized carbons (Fsp3) is 0.438. The van der Waals surface area contributed by atoms with Gasteiger partial charge in [0.05, 0.1) is 23.7 Å². The zero-order valence-electron chi connectivity index (χ0n) is 12.5. The van der Waals surface area contributed by atoms with E-state index in [1.165, 1.54) is 4.68 Å². The number of amides is 1. The van der Waals surface area contributed by atoms with Gasteiger partial charge in [0.1, 0.15) is 6.54 Å². The second kappa shape index (κ2) is 6.27. The summed E-state index contributed by atoms with van der Waals surface area (Å²) in [7, 11) is 0. The number of hydrogen-bond donors (Lipinski definition) is 1. The summed E-state index contributed by atoms with van der Waals surface area (Å²) >= 11 is 0. The van der Waals surface area contributed by atoms with Crippen LogP contribution in [0.5, 0.6) is 0 Å². The molecule has 1 saturated heterocycles. The first kappa shape index (κ1) is 14.7. The predicted octanol–water partition coefficient (Wildman–Crippen LogP) is 1.08. The fourth-order valence-corrected chi connectivity index (χ4v) is 2.77. The Labute approximate surface area is 128 Å². The Morgan fingerprint density at radius 2 is 2.32 bits per heavy atom. The first-order chi connectivity index (χ1) is 10.6. The van der Waals surface area contributed by atoms with E-state index in [-0.39, 0.29) is 30.2 Å². The van der Waals surface area contributed by atoms with Gasteiger partial charge in [-0.3, -0.25) is 9.59 Å². The van der Waals surface area contributed by atoms with Gasteiger partial charge in [0.25, 0.3) is 5.56 Å². The van der Waals surface area contributed by atoms with E-state index >= 15 is 0 Å². The van der Waals surface area contributed by atoms with Gasteiger partial charge in [-0.1, -0.05) is 18.2 Å². The highest BCUT2D eigenvalue weighted by atomic mass is 16.5. The molecule has 2 heterocycles. The summed E-state index contributed by atoms with van der Waals surface area (Å²) in [6, 6.07) is 7.15. The van der Waals surface area contributed by atoms with Gasteiger partial charge in [-0.15, -0.1) is 0 Å². The van der Waals surface area contributed by atoms with Crippen LogP contribution in [0.15, 0.2) is 35.3 Å². The van der Waals surface area contributed by atoms with Crippen LogP contribution in [0, 0.1) is 0 Å². The Balaban J connectivity index is 1.71. The van der Waals surface area contributed by atoms with E-state index in [1.54, 1.807) is 18.3 Å². The van der Waals surface area contributed by atoms with Crippen molar-refractivity contribution in [2.75, 3.05) is 6.61 Å². The lowest BCUT2D eigenvalue weighted by Crippen LogP contribution is -2.43. The molecule has 116 valence electrons. The minimum absolute atomic E-state index is 0.0604. The zero-order valence-corrected chi connectivity index (χ0v) is 12.5. The number of hydrogen-bond acceptors (Lipinski definition) is 4. The molecule has 3 rings (SSSR count). The zero-order chi connectivity index (χ0) is 15.5. The van der Waals surface area contributed by atoms with Gasteiger partial charge < -0.3 is 10.1 Å². The minimum atomic E-state index is -0.252. The van der Waals surface area contributed by atoms with Crippen molar-refractivity contribution in [3.8, 4) is 0 Å². The molecule has 0 bridgehead atoms. The fourth-order valence-electron chi connectivity index (χ4n) is 2.77. The molecule has 6 nitrogen and oxygen atoms in total. The summed E-state index contributed by atoms with van der Waals surface area (Å²) in [4.78, 5) is 24.4. The van der Waals surface area contributed by atoms with Crippen molar-refractivity contribution in [1.82, 2.24) is 15.1 Å². The van der Waals surface area contributed by atoms with Gasteiger partial charge in [0.2, 0.25) is 5.91 Å². The third kappa shape index (κ3) is 3.01. The van der Waals surface area contributed by atoms with E-state index in [2.05, 4.69) is 10.4 Å². The summed E-state index contributed by atoms with van der Waals surface area (Å²) in [5.74, 6) is -0.229. The van der Waals surface area contributed by atoms with Crippen LogP contribution in [0.4, 0.5) is 0 Å². The molecule has 22 heavy (non-hydrogen) atoms. The molecule has 1 amide bonds. The predicted molar refractivity (Wildman–Crippen MR) is 82.6 cm³/mol. The molecule has 0 spiro atoms. The van der Waals surface area contributed by atoms with E-state index in [9.17, 15) is 9.59 Å². The van der Waals surface area contributed by atoms with Crippen LogP contribution in [0.3, 0.4) is 0 Å². The number of nitrogens with one attached hydrogen (secondary N) is 1. The monoisotopic (exact) mass is 301 g/mol. The molecule has 1 aliphatic rings. The molecule has 0 radical (unpaired) electrons. The van der Waals surface area contributed by atoms with Gasteiger partial charge in [-0.05, 0) is 25.8 Å². The van der Waals surface area contributed by atoms with Crippen LogP contribution in [-0.2, 0) is 16.1 Å². The number of carbonyl (C=O) groups excluding carboxylic acids is 1. The molecule has 0 aliphatic carbocycles. The van der Waals surface area contributed by atoms with Crippen LogP contribution in [-0.4, -0.2) is 34.4 Å². The van der Waals surface area contributed by atoms with Crippen LogP contribution < -0.4 is 10.9 Å². The van der Waals surface area contributed by atoms with E-state index in [0.29, 0.717) is 5.39 Å². The molecule has 6 heteroatoms. The van der Waals surface area contributed by atoms with Crippen LogP contribution in [0.1, 0.15) is 19.8 Å². The average molecular weight is 301 g/mol. The molecular formula is C16H19N3O3. The van der Waals surface area contributed by atoms with Gasteiger partial charge in [-0.25, -0.2) is 4.68 Å². The van der Waals surface area contributed by atoms with Crippen molar-refractivity contribution in [2.45, 2.75) is 38.5 Å². The highest BCUT2D eigenvalue weighted by Gasteiger charge is 2.23. The van der Waals surface area contributed by atoms with Crippen molar-refractivity contribution >= 4 is 16.7 Å². The van der Waals surface area contributed by atoms with E-state index < -0.39 is 0 Å². The third-order valence-corrected chi connectivity index (χ3v) is 3.97. The second-order valence-corrected chi connectivity index (χ2v) is 5.60. The Kier molecular flexibility index (Phi) is 4.20. The van der Waals surface area contributed by atoms with E-state index in [0.717, 1.165) is 24.8 Å². The highest BCUT2D eigenvalue weighted by Crippen LogP contribution is 2.15. The molecule has 1 fully saturated rings. The minimum Gasteiger partial charge on any atom is -0.376 e. The topological polar surface area (TPSA) is 73.2 Å². The first-order valence-corrected chi connectivity index (χ1v) is 7.51. The molecule has 0 saturated carbocycles. The number of benzene rings is 1. The summed E-state index contributed by atoms with van der Waals surface area (Å²) in [5, 5.41) is 8.29. The first-order valence-electron chi connectivity index (χ1n) is 7.51. The SMILES string of the molecule is CC(NC(=O)Cn1ncc2ccccc2c1=O)C1CCCO1. The molecule has 2 aromatic rings. The summed E-state index contributed by atoms with van der Waals surface area (Å²) in [5.41, 5.74) is -0.252. The molecular weight excluding hydrogens is 282 g/mol. The van der Waals surface area contributed by atoms with Gasteiger partial charge in [-0.2, -0.15) is 5.10 Å². The number of carbonyl (C=O) groups is 1. The molecule has 1 aromatic heterocycles. The van der Waals surface area contributed by atoms with Crippen LogP contribution >= 0.6 is 0 Å². The molecule has 2 atom stereocenters. The Morgan fingerprint density at radius 1 is 1.50 bits per heavy atom. The summed E-state index contributed by atoms with van der Waals surface area (Å²) in [6.07, 6.45) is 3.64. The molecule has 2 unspecified atom stereocenters. The summed E-state index contributed by atoms with van der Waals surface area (Å²) in [6.45, 7) is 2.59. The van der Waals surface area contributed by atoms with Gasteiger partial charge in [0, 0.05) is 12.0 Å². The van der Waals surface area contributed by atoms with Crippen molar-refractivity contribution in [3.05, 3.63) is 40.8 Å². The summed E-state index contributed by atoms with van der Waals surface area (Å²) < 4.78 is 6.74. The number of rotatable bonds is 4. The lowest BCUT2D eigenvalue weighted by atomic mass is 10.1. The largest absolute Gasteiger partial charge is 0.376 e. The van der Waals surface area contributed by atoms with E-state index in [4.69, 9.17) is 4.74 Å². The second-order valence-electron chi connectivity index (χ2n) is 5.60. The Bertz CT molecular complexity index is 735. The number of ether oxygens (including phenoxy) is 1. The molecule has 1 N–H and O–H groups in total. The van der Waals surface area contributed by atoms with Crippen molar-refractivity contribution in [2.24, 2.45) is 0 Å². The van der Waals surface area contributed by atoms with Crippen LogP contribution in [0.2, 0.25) is 0 Å². The van der Waals surface area contributed by atoms with Crippen molar-refractivity contribution < 1.29 is 9.53 Å². The van der Waals surface area contributed by atoms with Crippen molar-refractivity contribution in [3.63, 3.8) is 0 Å². The lowest BCUT2D eigenvalue weighted by Gasteiger charge is -2.20. The maximum Gasteiger partial charge on any atom is 0.275 e. The number of nitrogens with zero attached hydrogens (tertiary/aromatic N) is 2. The Morgan fingerprint density at radius 3 is 3.09 bits per heavy atom. The third-order valence-electron chi connectivity index (χ3n) is 3.97. The Hall–Kier alpha value is -2.21. The highest BCUT2D eigenvalue weighted by molar-refractivity contribution is 5.81. The normalized spacial score (nSPS) is 19.2. The maximum absolute atomic E-state index is 12.3. The smallest absolute Gasteiger partial charge is 0.275 e. The van der Waals surface area contributed by atoms with E-state index in [1.807, 2.05) is 19.1 Å². The quantitative estimate of drug-likeness (QED) is 0.917. The molecule has 1 aliphatic heterocycles. The maximum atomic E-state index is 12.3. The standard InChI is InChI=1S/C16H19N3O3/c1-11(14-7-4-8-22-14)18-15(20)10-19-16(21)13-6-3-2-5-12(13)9-17-19/h2-3,5-6,9,11,14H,4,7-8,10H2,1H3,(H,18,20).